The van der Waals surface area contributed by atoms with Crippen LogP contribution in [0.3, 0.4) is 0 Å². The van der Waals surface area contributed by atoms with Crippen molar-refractivity contribution in [2.75, 3.05) is 24.0 Å². The molecule has 2 unspecified atom stereocenters. The quantitative estimate of drug-likeness (QED) is 0.195. The summed E-state index contributed by atoms with van der Waals surface area (Å²) in [6.07, 6.45) is -0.0575. The number of carbonyl (C=O) groups is 4. The van der Waals surface area contributed by atoms with Gasteiger partial charge in [-0.3, -0.25) is 19.7 Å². The summed E-state index contributed by atoms with van der Waals surface area (Å²) >= 11 is 0. The molecule has 1 aliphatic rings. The number of ether oxygens (including phenoxy) is 3. The highest BCUT2D eigenvalue weighted by Gasteiger charge is 2.27. The van der Waals surface area contributed by atoms with Gasteiger partial charge in [-0.05, 0) is 61.2 Å². The maximum atomic E-state index is 13.3. The first-order valence-electron chi connectivity index (χ1n) is 13.5. The molecule has 228 valence electrons. The second-order valence-corrected chi connectivity index (χ2v) is 10.2. The van der Waals surface area contributed by atoms with Gasteiger partial charge in [0.2, 0.25) is 12.7 Å². The van der Waals surface area contributed by atoms with Gasteiger partial charge in [-0.25, -0.2) is 4.79 Å². The number of hydrogen-bond acceptors (Lipinski definition) is 9. The average Bonchev–Trinajstić information content (AvgIpc) is 3.59. The highest BCUT2D eigenvalue weighted by Crippen LogP contribution is 2.35. The molecule has 2 atom stereocenters. The third-order valence-electron chi connectivity index (χ3n) is 6.20. The topological polar surface area (TPSA) is 190 Å². The highest BCUT2D eigenvalue weighted by molar-refractivity contribution is 5.99. The van der Waals surface area contributed by atoms with E-state index in [4.69, 9.17) is 18.7 Å². The number of aromatic nitrogens is 1. The largest absolute Gasteiger partial charge is 0.484 e. The second-order valence-electron chi connectivity index (χ2n) is 10.2. The van der Waals surface area contributed by atoms with Crippen molar-refractivity contribution in [3.05, 3.63) is 59.9 Å². The van der Waals surface area contributed by atoms with Crippen molar-refractivity contribution in [2.45, 2.75) is 45.7 Å². The molecule has 0 radical (unpaired) electrons. The predicted octanol–water partition coefficient (Wildman–Crippen LogP) is 3.60. The van der Waals surface area contributed by atoms with E-state index in [0.717, 1.165) is 0 Å². The number of carboxylic acids is 1. The number of aliphatic carboxylic acids is 1. The molecule has 1 aliphatic heterocycles. The molecule has 3 aromatic rings. The molecule has 5 N–H and O–H groups in total. The zero-order chi connectivity index (χ0) is 30.9. The van der Waals surface area contributed by atoms with Crippen molar-refractivity contribution >= 4 is 35.3 Å². The minimum atomic E-state index is -1.10. The van der Waals surface area contributed by atoms with Gasteiger partial charge in [0, 0.05) is 11.8 Å². The lowest BCUT2D eigenvalue weighted by atomic mass is 10.00. The number of hydrogen-bond donors (Lipinski definition) is 5. The van der Waals surface area contributed by atoms with Crippen LogP contribution in [0.2, 0.25) is 0 Å². The Hall–Kier alpha value is -5.27. The fourth-order valence-corrected chi connectivity index (χ4v) is 4.26. The Balaban J connectivity index is 1.31. The molecule has 2 aromatic carbocycles. The van der Waals surface area contributed by atoms with E-state index in [2.05, 4.69) is 26.4 Å². The summed E-state index contributed by atoms with van der Waals surface area (Å²) in [5.74, 6) is 0.0599. The van der Waals surface area contributed by atoms with Gasteiger partial charge < -0.3 is 39.8 Å². The van der Waals surface area contributed by atoms with Crippen molar-refractivity contribution < 1.29 is 43.0 Å². The number of fused-ring (bicyclic) bond motifs is 1. The molecular formula is C29H33N5O9. The van der Waals surface area contributed by atoms with Gasteiger partial charge in [-0.2, -0.15) is 0 Å². The molecule has 4 rings (SSSR count). The van der Waals surface area contributed by atoms with Crippen molar-refractivity contribution in [2.24, 2.45) is 5.92 Å². The monoisotopic (exact) mass is 595 g/mol. The van der Waals surface area contributed by atoms with E-state index < -0.39 is 35.9 Å². The van der Waals surface area contributed by atoms with Crippen LogP contribution in [0.25, 0.3) is 0 Å². The number of nitrogens with zero attached hydrogens (tertiary/aromatic N) is 1. The van der Waals surface area contributed by atoms with Crippen LogP contribution < -0.4 is 35.5 Å². The van der Waals surface area contributed by atoms with E-state index >= 15 is 0 Å². The molecule has 0 saturated heterocycles. The summed E-state index contributed by atoms with van der Waals surface area (Å²) in [4.78, 5) is 49.7. The number of benzene rings is 2. The highest BCUT2D eigenvalue weighted by atomic mass is 16.7. The predicted molar refractivity (Wildman–Crippen MR) is 153 cm³/mol. The SMILES string of the molecule is Cc1cc(NC(=O)Nc2ccc(OCC(=O)NC(CC(C)C)C(=O)NC(CC(=O)O)c3ccc4c(c3)OCO4)cc2)no1. The zero-order valence-corrected chi connectivity index (χ0v) is 23.8. The fraction of sp³-hybridized carbons (Fsp3) is 0.345. The smallest absolute Gasteiger partial charge is 0.324 e. The number of amides is 4. The number of aryl methyl sites for hydroxylation is 1. The van der Waals surface area contributed by atoms with Crippen LogP contribution in [0, 0.1) is 12.8 Å². The summed E-state index contributed by atoms with van der Waals surface area (Å²) in [7, 11) is 0. The van der Waals surface area contributed by atoms with E-state index in [1.807, 2.05) is 13.8 Å². The molecule has 14 nitrogen and oxygen atoms in total. The summed E-state index contributed by atoms with van der Waals surface area (Å²) in [5, 5.41) is 23.8. The molecular weight excluding hydrogens is 562 g/mol. The second kappa shape index (κ2) is 14.1. The summed E-state index contributed by atoms with van der Waals surface area (Å²) in [5.41, 5.74) is 1.00. The maximum absolute atomic E-state index is 13.3. The van der Waals surface area contributed by atoms with Gasteiger partial charge in [0.05, 0.1) is 12.5 Å². The molecule has 2 heterocycles. The van der Waals surface area contributed by atoms with Gasteiger partial charge in [-0.15, -0.1) is 0 Å². The van der Waals surface area contributed by atoms with Crippen molar-refractivity contribution in [3.63, 3.8) is 0 Å². The molecule has 1 aromatic heterocycles. The van der Waals surface area contributed by atoms with Gasteiger partial charge in [-0.1, -0.05) is 25.1 Å². The molecule has 14 heteroatoms. The lowest BCUT2D eigenvalue weighted by molar-refractivity contribution is -0.138. The third-order valence-corrected chi connectivity index (χ3v) is 6.20. The Bertz CT molecular complexity index is 1450. The van der Waals surface area contributed by atoms with E-state index in [9.17, 15) is 24.3 Å². The fourth-order valence-electron chi connectivity index (χ4n) is 4.26. The standard InChI is InChI=1S/C29H33N5O9/c1-16(2)10-22(28(38)32-21(13-27(36)37)18-4-9-23-24(12-18)42-15-41-23)31-26(35)14-40-20-7-5-19(6-8-20)30-29(39)33-25-11-17(3)43-34-25/h4-9,11-12,16,21-22H,10,13-15H2,1-3H3,(H,31,35)(H,32,38)(H,36,37)(H2,30,33,34,39). The summed E-state index contributed by atoms with van der Waals surface area (Å²) in [6, 6.07) is 10.5. The molecule has 43 heavy (non-hydrogen) atoms. The van der Waals surface area contributed by atoms with E-state index in [-0.39, 0.29) is 31.6 Å². The van der Waals surface area contributed by atoms with Crippen LogP contribution in [0.1, 0.15) is 44.1 Å². The third kappa shape index (κ3) is 9.11. The number of carbonyl (C=O) groups excluding carboxylic acids is 3. The Labute approximate surface area is 247 Å². The molecule has 0 bridgehead atoms. The molecule has 0 spiro atoms. The van der Waals surface area contributed by atoms with Gasteiger partial charge in [0.25, 0.3) is 5.91 Å². The van der Waals surface area contributed by atoms with Crippen LogP contribution in [-0.4, -0.2) is 53.5 Å². The first kappa shape index (κ1) is 30.7. The maximum Gasteiger partial charge on any atom is 0.324 e. The van der Waals surface area contributed by atoms with Crippen LogP contribution in [0.4, 0.5) is 16.3 Å². The van der Waals surface area contributed by atoms with Gasteiger partial charge in [0.1, 0.15) is 17.6 Å². The molecule has 0 aliphatic carbocycles. The number of rotatable bonds is 13. The van der Waals surface area contributed by atoms with Crippen molar-refractivity contribution in [1.82, 2.24) is 15.8 Å². The molecule has 0 saturated carbocycles. The van der Waals surface area contributed by atoms with E-state index in [1.54, 1.807) is 55.5 Å². The summed E-state index contributed by atoms with van der Waals surface area (Å²) in [6.45, 7) is 5.19. The Morgan fingerprint density at radius 1 is 0.977 bits per heavy atom. The first-order chi connectivity index (χ1) is 20.5. The Kier molecular flexibility index (Phi) is 10.0. The minimum Gasteiger partial charge on any atom is -0.484 e. The first-order valence-corrected chi connectivity index (χ1v) is 13.5. The van der Waals surface area contributed by atoms with Crippen molar-refractivity contribution in [3.8, 4) is 17.2 Å². The van der Waals surface area contributed by atoms with E-state index in [0.29, 0.717) is 40.7 Å². The van der Waals surface area contributed by atoms with Crippen molar-refractivity contribution in [1.29, 1.82) is 0 Å². The minimum absolute atomic E-state index is 0.0472. The Morgan fingerprint density at radius 2 is 1.72 bits per heavy atom. The van der Waals surface area contributed by atoms with Gasteiger partial charge >= 0.3 is 12.0 Å². The van der Waals surface area contributed by atoms with Crippen LogP contribution in [0.5, 0.6) is 17.2 Å². The summed E-state index contributed by atoms with van der Waals surface area (Å²) < 4.78 is 21.2. The normalized spacial score (nSPS) is 13.1. The average molecular weight is 596 g/mol. The number of nitrogens with one attached hydrogen (secondary N) is 4. The number of carboxylic acid groups (broad SMARTS) is 1. The lowest BCUT2D eigenvalue weighted by Crippen LogP contribution is -2.49. The van der Waals surface area contributed by atoms with Gasteiger partial charge in [0.15, 0.2) is 23.9 Å². The Morgan fingerprint density at radius 3 is 2.40 bits per heavy atom. The zero-order valence-electron chi connectivity index (χ0n) is 23.8. The number of anilines is 2. The lowest BCUT2D eigenvalue weighted by Gasteiger charge is -2.24. The molecule has 0 fully saturated rings. The molecule has 4 amide bonds. The van der Waals surface area contributed by atoms with Crippen LogP contribution in [-0.2, 0) is 14.4 Å². The van der Waals surface area contributed by atoms with Crippen LogP contribution in [0.15, 0.2) is 53.1 Å². The van der Waals surface area contributed by atoms with Crippen LogP contribution >= 0.6 is 0 Å². The van der Waals surface area contributed by atoms with E-state index in [1.165, 1.54) is 0 Å². The number of urea groups is 1.